The van der Waals surface area contributed by atoms with Crippen molar-refractivity contribution in [2.45, 2.75) is 32.0 Å². The first-order valence-corrected chi connectivity index (χ1v) is 11.2. The lowest BCUT2D eigenvalue weighted by Gasteiger charge is -2.26. The van der Waals surface area contributed by atoms with Crippen LogP contribution in [0.4, 0.5) is 0 Å². The molecular weight excluding hydrogens is 452 g/mol. The lowest BCUT2D eigenvalue weighted by atomic mass is 9.82. The number of aromatic nitrogens is 2. The Labute approximate surface area is 201 Å². The third kappa shape index (κ3) is 4.95. The van der Waals surface area contributed by atoms with Gasteiger partial charge in [-0.05, 0) is 78.8 Å². The average Bonchev–Trinajstić information content (AvgIpc) is 2.85. The Balaban J connectivity index is 0.000000165. The molecule has 0 bridgehead atoms. The second kappa shape index (κ2) is 10.1. The average molecular weight is 479 g/mol. The van der Waals surface area contributed by atoms with Crippen molar-refractivity contribution in [1.82, 2.24) is 9.78 Å². The van der Waals surface area contributed by atoms with Crippen LogP contribution >= 0.6 is 0 Å². The highest BCUT2D eigenvalue weighted by Crippen LogP contribution is 2.33. The zero-order valence-corrected chi connectivity index (χ0v) is 19.4. The maximum atomic E-state index is 12.1. The van der Waals surface area contributed by atoms with E-state index in [9.17, 15) is 24.6 Å². The molecule has 1 aromatic heterocycles. The van der Waals surface area contributed by atoms with Gasteiger partial charge < -0.3 is 19.7 Å². The smallest absolute Gasteiger partial charge is 0.295 e. The number of rotatable bonds is 4. The van der Waals surface area contributed by atoms with Gasteiger partial charge in [-0.25, -0.2) is 4.68 Å². The number of nitrogens with zero attached hydrogens (tertiary/aromatic N) is 2. The van der Waals surface area contributed by atoms with E-state index >= 15 is 0 Å². The number of aliphatic hydroxyl groups is 1. The van der Waals surface area contributed by atoms with Gasteiger partial charge in [0.25, 0.3) is 12.0 Å². The minimum Gasteiger partial charge on any atom is -0.508 e. The molecule has 2 aliphatic carbocycles. The lowest BCUT2D eigenvalue weighted by Crippen LogP contribution is -2.34. The first kappa shape index (κ1) is 24.2. The fourth-order valence-corrected chi connectivity index (χ4v) is 4.49. The second-order valence-corrected chi connectivity index (χ2v) is 8.48. The number of carbonyl (C=O) groups excluding carboxylic acids is 2. The lowest BCUT2D eigenvalue weighted by molar-refractivity contribution is -0.158. The summed E-state index contributed by atoms with van der Waals surface area (Å²) in [4.78, 5) is 33.8. The van der Waals surface area contributed by atoms with Crippen LogP contribution in [-0.2, 0) is 35.8 Å². The SMILES string of the molecule is COc1ccc2c(c1)CCC(C(O)OC=O)C2=O.Cn1nc2c(cc1=O)CCc1cc(O)ccc1-2. The number of aryl methyl sites for hydroxylation is 4. The molecule has 0 amide bonds. The van der Waals surface area contributed by atoms with Gasteiger partial charge in [-0.3, -0.25) is 14.4 Å². The molecular formula is C26H26N2O7. The van der Waals surface area contributed by atoms with Gasteiger partial charge >= 0.3 is 0 Å². The van der Waals surface area contributed by atoms with Crippen molar-refractivity contribution >= 4 is 12.3 Å². The number of ether oxygens (including phenoxy) is 2. The molecule has 9 nitrogen and oxygen atoms in total. The molecule has 0 fully saturated rings. The number of Topliss-reactive ketones (excluding diaryl/α,β-unsaturated/α-hetero) is 1. The van der Waals surface area contributed by atoms with Gasteiger partial charge in [0, 0.05) is 24.2 Å². The number of hydrogen-bond acceptors (Lipinski definition) is 8. The van der Waals surface area contributed by atoms with Gasteiger partial charge in [0.2, 0.25) is 6.29 Å². The number of aromatic hydroxyl groups is 1. The molecule has 2 N–H and O–H groups in total. The van der Waals surface area contributed by atoms with Crippen molar-refractivity contribution in [3.05, 3.63) is 75.1 Å². The maximum Gasteiger partial charge on any atom is 0.295 e. The first-order chi connectivity index (χ1) is 16.8. The van der Waals surface area contributed by atoms with Crippen LogP contribution in [0.5, 0.6) is 11.5 Å². The van der Waals surface area contributed by atoms with Crippen LogP contribution in [0, 0.1) is 5.92 Å². The van der Waals surface area contributed by atoms with Crippen molar-refractivity contribution in [1.29, 1.82) is 0 Å². The molecule has 5 rings (SSSR count). The van der Waals surface area contributed by atoms with Gasteiger partial charge in [0.1, 0.15) is 11.5 Å². The Hall–Kier alpha value is -3.98. The van der Waals surface area contributed by atoms with Gasteiger partial charge in [0.15, 0.2) is 5.78 Å². The van der Waals surface area contributed by atoms with Crippen molar-refractivity contribution in [2.75, 3.05) is 7.11 Å². The topological polar surface area (TPSA) is 128 Å². The van der Waals surface area contributed by atoms with E-state index in [1.165, 1.54) is 4.68 Å². The molecule has 0 spiro atoms. The fourth-order valence-electron chi connectivity index (χ4n) is 4.49. The Kier molecular flexibility index (Phi) is 6.97. The molecule has 1 heterocycles. The largest absolute Gasteiger partial charge is 0.508 e. The van der Waals surface area contributed by atoms with Crippen LogP contribution in [0.1, 0.15) is 33.5 Å². The van der Waals surface area contributed by atoms with Crippen molar-refractivity contribution in [3.8, 4) is 22.8 Å². The van der Waals surface area contributed by atoms with Gasteiger partial charge in [-0.1, -0.05) is 0 Å². The van der Waals surface area contributed by atoms with E-state index in [4.69, 9.17) is 4.74 Å². The van der Waals surface area contributed by atoms with E-state index < -0.39 is 12.2 Å². The van der Waals surface area contributed by atoms with E-state index in [0.717, 1.165) is 40.8 Å². The zero-order chi connectivity index (χ0) is 25.1. The molecule has 2 atom stereocenters. The van der Waals surface area contributed by atoms with Crippen LogP contribution in [0.2, 0.25) is 0 Å². The number of phenolic OH excluding ortho intramolecular Hbond substituents is 1. The van der Waals surface area contributed by atoms with E-state index in [1.807, 2.05) is 12.1 Å². The summed E-state index contributed by atoms with van der Waals surface area (Å²) in [6.45, 7) is 0.154. The van der Waals surface area contributed by atoms with Crippen molar-refractivity contribution in [2.24, 2.45) is 13.0 Å². The third-order valence-corrected chi connectivity index (χ3v) is 6.36. The zero-order valence-electron chi connectivity index (χ0n) is 19.4. The highest BCUT2D eigenvalue weighted by Gasteiger charge is 2.34. The summed E-state index contributed by atoms with van der Waals surface area (Å²) in [6, 6.07) is 12.1. The summed E-state index contributed by atoms with van der Waals surface area (Å²) in [6.07, 6.45) is 1.36. The Morgan fingerprint density at radius 3 is 2.49 bits per heavy atom. The fraction of sp³-hybridized carbons (Fsp3) is 0.308. The number of aliphatic hydroxyl groups excluding tert-OH is 1. The highest BCUT2D eigenvalue weighted by atomic mass is 16.6. The van der Waals surface area contributed by atoms with E-state index in [-0.39, 0.29) is 23.6 Å². The summed E-state index contributed by atoms with van der Waals surface area (Å²) < 4.78 is 10.9. The number of phenols is 1. The Morgan fingerprint density at radius 2 is 1.74 bits per heavy atom. The molecule has 3 aromatic rings. The highest BCUT2D eigenvalue weighted by molar-refractivity contribution is 6.00. The molecule has 0 radical (unpaired) electrons. The number of carbonyl (C=O) groups is 2. The van der Waals surface area contributed by atoms with E-state index in [0.29, 0.717) is 24.2 Å². The summed E-state index contributed by atoms with van der Waals surface area (Å²) >= 11 is 0. The maximum absolute atomic E-state index is 12.1. The molecule has 9 heteroatoms. The molecule has 2 aliphatic rings. The van der Waals surface area contributed by atoms with Crippen LogP contribution in [-0.4, -0.2) is 45.6 Å². The molecule has 2 aromatic carbocycles. The summed E-state index contributed by atoms with van der Waals surface area (Å²) in [5.74, 6) is 0.0889. The molecule has 0 saturated carbocycles. The standard InChI is InChI=1S/C13H12N2O2.C13H14O5/c1-15-12(17)7-9-3-2-8-6-10(16)4-5-11(8)13(9)14-15;1-17-9-3-5-10-8(6-9)2-4-11(12(10)15)13(16)18-7-14/h4-7,16H,2-3H2,1H3;3,5-7,11,13,16H,2,4H2,1H3. The number of ketones is 1. The number of hydrogen-bond donors (Lipinski definition) is 2. The molecule has 2 unspecified atom stereocenters. The monoisotopic (exact) mass is 478 g/mol. The summed E-state index contributed by atoms with van der Waals surface area (Å²) in [7, 11) is 3.22. The van der Waals surface area contributed by atoms with Crippen molar-refractivity contribution < 1.29 is 29.3 Å². The number of fused-ring (bicyclic) bond motifs is 4. The minimum atomic E-state index is -1.37. The molecule has 0 saturated heterocycles. The quantitative estimate of drug-likeness (QED) is 0.431. The van der Waals surface area contributed by atoms with Gasteiger partial charge in [-0.15, -0.1) is 0 Å². The van der Waals surface area contributed by atoms with Crippen LogP contribution in [0.15, 0.2) is 47.3 Å². The molecule has 182 valence electrons. The van der Waals surface area contributed by atoms with Crippen molar-refractivity contribution in [3.63, 3.8) is 0 Å². The summed E-state index contributed by atoms with van der Waals surface area (Å²) in [5.41, 5.74) is 5.32. The minimum absolute atomic E-state index is 0.0778. The van der Waals surface area contributed by atoms with Crippen LogP contribution in [0.25, 0.3) is 11.3 Å². The molecule has 0 aliphatic heterocycles. The predicted molar refractivity (Wildman–Crippen MR) is 126 cm³/mol. The number of benzene rings is 2. The summed E-state index contributed by atoms with van der Waals surface area (Å²) in [5, 5.41) is 23.3. The Morgan fingerprint density at radius 1 is 1.03 bits per heavy atom. The molecule has 35 heavy (non-hydrogen) atoms. The Bertz CT molecular complexity index is 1330. The van der Waals surface area contributed by atoms with Gasteiger partial charge in [0.05, 0.1) is 18.7 Å². The predicted octanol–water partition coefficient (Wildman–Crippen LogP) is 2.18. The third-order valence-electron chi connectivity index (χ3n) is 6.36. The van der Waals surface area contributed by atoms with Crippen LogP contribution in [0.3, 0.4) is 0 Å². The number of methoxy groups -OCH3 is 1. The van der Waals surface area contributed by atoms with Crippen LogP contribution < -0.4 is 10.3 Å². The van der Waals surface area contributed by atoms with E-state index in [2.05, 4.69) is 9.84 Å². The normalized spacial score (nSPS) is 16.5. The van der Waals surface area contributed by atoms with Gasteiger partial charge in [-0.2, -0.15) is 5.10 Å². The second-order valence-electron chi connectivity index (χ2n) is 8.48. The van der Waals surface area contributed by atoms with E-state index in [1.54, 1.807) is 44.5 Å². The first-order valence-electron chi connectivity index (χ1n) is 11.2.